The number of rotatable bonds is 4. The second-order valence-electron chi connectivity index (χ2n) is 3.96. The van der Waals surface area contributed by atoms with Crippen molar-refractivity contribution in [2.75, 3.05) is 20.0 Å². The summed E-state index contributed by atoms with van der Waals surface area (Å²) >= 11 is 1.52. The van der Waals surface area contributed by atoms with Crippen LogP contribution in [0.5, 0.6) is 11.5 Å². The number of hydrogen-bond donors (Lipinski definition) is 1. The predicted molar refractivity (Wildman–Crippen MR) is 73.6 cm³/mol. The molecule has 0 bridgehead atoms. The first kappa shape index (κ1) is 12.7. The van der Waals surface area contributed by atoms with Gasteiger partial charge in [0.1, 0.15) is 11.5 Å². The van der Waals surface area contributed by atoms with Gasteiger partial charge in [-0.1, -0.05) is 0 Å². The van der Waals surface area contributed by atoms with E-state index >= 15 is 0 Å². The lowest BCUT2D eigenvalue weighted by molar-refractivity contribution is 0.393. The number of nitrogen functional groups attached to an aromatic ring is 1. The van der Waals surface area contributed by atoms with Crippen molar-refractivity contribution in [1.82, 2.24) is 4.98 Å². The van der Waals surface area contributed by atoms with Crippen LogP contribution in [0.2, 0.25) is 0 Å². The summed E-state index contributed by atoms with van der Waals surface area (Å²) in [6.45, 7) is 1.97. The van der Waals surface area contributed by atoms with Gasteiger partial charge >= 0.3 is 0 Å². The van der Waals surface area contributed by atoms with E-state index in [1.54, 1.807) is 14.2 Å². The zero-order valence-electron chi connectivity index (χ0n) is 10.7. The van der Waals surface area contributed by atoms with Gasteiger partial charge in [0.25, 0.3) is 0 Å². The fourth-order valence-corrected chi connectivity index (χ4v) is 2.64. The molecule has 2 rings (SSSR count). The molecule has 0 spiro atoms. The molecular formula is C13H16N2O2S. The third kappa shape index (κ3) is 2.73. The van der Waals surface area contributed by atoms with Gasteiger partial charge in [-0.25, -0.2) is 4.98 Å². The number of nitrogens with two attached hydrogens (primary N) is 1. The van der Waals surface area contributed by atoms with Crippen LogP contribution in [-0.2, 0) is 6.42 Å². The molecule has 0 radical (unpaired) electrons. The summed E-state index contributed by atoms with van der Waals surface area (Å²) in [7, 11) is 3.29. The summed E-state index contributed by atoms with van der Waals surface area (Å²) < 4.78 is 10.5. The second-order valence-corrected chi connectivity index (χ2v) is 5.07. The van der Waals surface area contributed by atoms with Crippen LogP contribution >= 0.6 is 11.3 Å². The number of thiazole rings is 1. The topological polar surface area (TPSA) is 57.4 Å². The molecule has 0 aliphatic heterocycles. The molecule has 2 aromatic rings. The summed E-state index contributed by atoms with van der Waals surface area (Å²) in [6.07, 6.45) is 0.786. The highest BCUT2D eigenvalue weighted by Crippen LogP contribution is 2.27. The fourth-order valence-electron chi connectivity index (χ4n) is 1.77. The first-order chi connectivity index (χ1) is 8.62. The number of methoxy groups -OCH3 is 2. The molecular weight excluding hydrogens is 248 g/mol. The number of nitrogens with zero attached hydrogens (tertiary/aromatic N) is 1. The lowest BCUT2D eigenvalue weighted by Crippen LogP contribution is -1.93. The molecule has 4 nitrogen and oxygen atoms in total. The van der Waals surface area contributed by atoms with Crippen molar-refractivity contribution in [2.45, 2.75) is 13.3 Å². The minimum atomic E-state index is 0.609. The van der Waals surface area contributed by atoms with E-state index in [9.17, 15) is 0 Å². The van der Waals surface area contributed by atoms with Gasteiger partial charge in [-0.05, 0) is 24.6 Å². The molecule has 0 aliphatic carbocycles. The van der Waals surface area contributed by atoms with Crippen LogP contribution in [0.3, 0.4) is 0 Å². The SMILES string of the molecule is COc1cc(Cc2sc(N)nc2C)cc(OC)c1. The van der Waals surface area contributed by atoms with Crippen LogP contribution in [0.4, 0.5) is 5.13 Å². The largest absolute Gasteiger partial charge is 0.497 e. The van der Waals surface area contributed by atoms with E-state index in [0.717, 1.165) is 29.2 Å². The number of aryl methyl sites for hydroxylation is 1. The van der Waals surface area contributed by atoms with Gasteiger partial charge in [0, 0.05) is 17.4 Å². The Morgan fingerprint density at radius 2 is 1.78 bits per heavy atom. The van der Waals surface area contributed by atoms with Crippen LogP contribution < -0.4 is 15.2 Å². The highest BCUT2D eigenvalue weighted by atomic mass is 32.1. The van der Waals surface area contributed by atoms with E-state index in [0.29, 0.717) is 5.13 Å². The quantitative estimate of drug-likeness (QED) is 0.922. The molecule has 0 saturated heterocycles. The maximum atomic E-state index is 5.70. The molecule has 2 N–H and O–H groups in total. The Balaban J connectivity index is 2.30. The van der Waals surface area contributed by atoms with Gasteiger partial charge in [0.05, 0.1) is 19.9 Å². The maximum Gasteiger partial charge on any atom is 0.180 e. The molecule has 0 atom stereocenters. The molecule has 0 aliphatic rings. The second kappa shape index (κ2) is 5.27. The zero-order valence-corrected chi connectivity index (χ0v) is 11.5. The van der Waals surface area contributed by atoms with Gasteiger partial charge in [-0.3, -0.25) is 0 Å². The molecule has 0 unspecified atom stereocenters. The first-order valence-corrected chi connectivity index (χ1v) is 6.37. The molecule has 0 amide bonds. The number of anilines is 1. The van der Waals surface area contributed by atoms with E-state index in [4.69, 9.17) is 15.2 Å². The molecule has 1 aromatic carbocycles. The van der Waals surface area contributed by atoms with E-state index in [-0.39, 0.29) is 0 Å². The number of ether oxygens (including phenoxy) is 2. The van der Waals surface area contributed by atoms with Crippen molar-refractivity contribution < 1.29 is 9.47 Å². The van der Waals surface area contributed by atoms with Crippen molar-refractivity contribution in [3.05, 3.63) is 34.3 Å². The van der Waals surface area contributed by atoms with Crippen LogP contribution in [0.15, 0.2) is 18.2 Å². The van der Waals surface area contributed by atoms with Gasteiger partial charge in [-0.15, -0.1) is 11.3 Å². The van der Waals surface area contributed by atoms with Crippen molar-refractivity contribution in [3.8, 4) is 11.5 Å². The summed E-state index contributed by atoms with van der Waals surface area (Å²) in [5.41, 5.74) is 7.81. The van der Waals surface area contributed by atoms with Crippen molar-refractivity contribution in [1.29, 1.82) is 0 Å². The van der Waals surface area contributed by atoms with Gasteiger partial charge in [-0.2, -0.15) is 0 Å². The Bertz CT molecular complexity index is 530. The Morgan fingerprint density at radius 3 is 2.22 bits per heavy atom. The van der Waals surface area contributed by atoms with E-state index < -0.39 is 0 Å². The summed E-state index contributed by atoms with van der Waals surface area (Å²) in [5.74, 6) is 1.58. The predicted octanol–water partition coefficient (Wildman–Crippen LogP) is 2.64. The average Bonchev–Trinajstić information content (AvgIpc) is 2.67. The van der Waals surface area contributed by atoms with E-state index in [2.05, 4.69) is 4.98 Å². The lowest BCUT2D eigenvalue weighted by atomic mass is 10.1. The Morgan fingerprint density at radius 1 is 1.17 bits per heavy atom. The highest BCUT2D eigenvalue weighted by molar-refractivity contribution is 7.15. The maximum absolute atomic E-state index is 5.70. The monoisotopic (exact) mass is 264 g/mol. The van der Waals surface area contributed by atoms with Gasteiger partial charge < -0.3 is 15.2 Å². The molecule has 96 valence electrons. The normalized spacial score (nSPS) is 10.4. The fraction of sp³-hybridized carbons (Fsp3) is 0.308. The molecule has 5 heteroatoms. The summed E-state index contributed by atoms with van der Waals surface area (Å²) in [4.78, 5) is 5.40. The Hall–Kier alpha value is -1.75. The van der Waals surface area contributed by atoms with Crippen LogP contribution in [-0.4, -0.2) is 19.2 Å². The van der Waals surface area contributed by atoms with Gasteiger partial charge in [0.15, 0.2) is 5.13 Å². The van der Waals surface area contributed by atoms with Crippen molar-refractivity contribution in [3.63, 3.8) is 0 Å². The molecule has 0 fully saturated rings. The third-order valence-electron chi connectivity index (χ3n) is 2.69. The van der Waals surface area contributed by atoms with Crippen LogP contribution in [0, 0.1) is 6.92 Å². The lowest BCUT2D eigenvalue weighted by Gasteiger charge is -2.07. The minimum Gasteiger partial charge on any atom is -0.497 e. The Kier molecular flexibility index (Phi) is 3.72. The molecule has 18 heavy (non-hydrogen) atoms. The number of hydrogen-bond acceptors (Lipinski definition) is 5. The number of aromatic nitrogens is 1. The van der Waals surface area contributed by atoms with Crippen molar-refractivity contribution >= 4 is 16.5 Å². The van der Waals surface area contributed by atoms with Crippen LogP contribution in [0.1, 0.15) is 16.1 Å². The Labute approximate surface area is 110 Å². The van der Waals surface area contributed by atoms with E-state index in [1.165, 1.54) is 16.2 Å². The first-order valence-electron chi connectivity index (χ1n) is 5.56. The van der Waals surface area contributed by atoms with E-state index in [1.807, 2.05) is 25.1 Å². The summed E-state index contributed by atoms with van der Waals surface area (Å²) in [5, 5.41) is 0.609. The average molecular weight is 264 g/mol. The smallest absolute Gasteiger partial charge is 0.180 e. The third-order valence-corrected chi connectivity index (χ3v) is 3.67. The van der Waals surface area contributed by atoms with Crippen molar-refractivity contribution in [2.24, 2.45) is 0 Å². The minimum absolute atomic E-state index is 0.609. The standard InChI is InChI=1S/C13H16N2O2S/c1-8-12(18-13(14)15-8)6-9-4-10(16-2)7-11(5-9)17-3/h4-5,7H,6H2,1-3H3,(H2,14,15). The molecule has 0 saturated carbocycles. The molecule has 1 heterocycles. The zero-order chi connectivity index (χ0) is 13.1. The highest BCUT2D eigenvalue weighted by Gasteiger charge is 2.08. The molecule has 1 aromatic heterocycles. The van der Waals surface area contributed by atoms with Gasteiger partial charge in [0.2, 0.25) is 0 Å². The summed E-state index contributed by atoms with van der Waals surface area (Å²) in [6, 6.07) is 5.85. The van der Waals surface area contributed by atoms with Crippen LogP contribution in [0.25, 0.3) is 0 Å². The number of benzene rings is 1.